The summed E-state index contributed by atoms with van der Waals surface area (Å²) in [6.07, 6.45) is 2.67. The van der Waals surface area contributed by atoms with E-state index in [1.165, 1.54) is 0 Å². The highest BCUT2D eigenvalue weighted by Gasteiger charge is 2.38. The van der Waals surface area contributed by atoms with Gasteiger partial charge < -0.3 is 11.1 Å². The second kappa shape index (κ2) is 3.66. The van der Waals surface area contributed by atoms with E-state index >= 15 is 0 Å². The molecule has 0 aromatic rings. The Kier molecular flexibility index (Phi) is 2.96. The minimum Gasteiger partial charge on any atom is -0.351 e. The standard InChI is InChI=1S/C10H20N2O/c1-7(2)8(11)6-9(13)12-10(3)4-5-10/h7-8H,4-6,11H2,1-3H3,(H,12,13). The monoisotopic (exact) mass is 184 g/mol. The third-order valence-electron chi connectivity index (χ3n) is 2.72. The molecule has 3 N–H and O–H groups in total. The van der Waals surface area contributed by atoms with Gasteiger partial charge >= 0.3 is 0 Å². The molecule has 0 aromatic carbocycles. The fourth-order valence-electron chi connectivity index (χ4n) is 1.15. The fourth-order valence-corrected chi connectivity index (χ4v) is 1.15. The quantitative estimate of drug-likeness (QED) is 0.685. The maximum Gasteiger partial charge on any atom is 0.221 e. The van der Waals surface area contributed by atoms with Crippen LogP contribution in [0.3, 0.4) is 0 Å². The maximum atomic E-state index is 11.4. The average Bonchev–Trinajstić information content (AvgIpc) is 2.66. The van der Waals surface area contributed by atoms with Gasteiger partial charge in [0, 0.05) is 18.0 Å². The first-order valence-electron chi connectivity index (χ1n) is 4.99. The summed E-state index contributed by atoms with van der Waals surface area (Å²) in [5.74, 6) is 0.471. The summed E-state index contributed by atoms with van der Waals surface area (Å²) in [5.41, 5.74) is 5.89. The number of carbonyl (C=O) groups is 1. The van der Waals surface area contributed by atoms with Crippen molar-refractivity contribution < 1.29 is 4.79 Å². The third kappa shape index (κ3) is 3.35. The van der Waals surface area contributed by atoms with Crippen LogP contribution >= 0.6 is 0 Å². The zero-order valence-corrected chi connectivity index (χ0v) is 8.76. The van der Waals surface area contributed by atoms with Gasteiger partial charge in [0.05, 0.1) is 0 Å². The fraction of sp³-hybridized carbons (Fsp3) is 0.900. The van der Waals surface area contributed by atoms with Crippen molar-refractivity contribution in [3.63, 3.8) is 0 Å². The molecule has 1 unspecified atom stereocenters. The van der Waals surface area contributed by atoms with Crippen LogP contribution in [0.25, 0.3) is 0 Å². The normalized spacial score (nSPS) is 21.3. The molecule has 1 saturated carbocycles. The molecular formula is C10H20N2O. The Labute approximate surface area is 80.1 Å². The predicted molar refractivity (Wildman–Crippen MR) is 53.2 cm³/mol. The third-order valence-corrected chi connectivity index (χ3v) is 2.72. The van der Waals surface area contributed by atoms with Gasteiger partial charge in [-0.25, -0.2) is 0 Å². The first-order chi connectivity index (χ1) is 5.93. The summed E-state index contributed by atoms with van der Waals surface area (Å²) < 4.78 is 0. The minimum atomic E-state index is -0.0117. The summed E-state index contributed by atoms with van der Waals surface area (Å²) in [4.78, 5) is 11.4. The predicted octanol–water partition coefficient (Wildman–Crippen LogP) is 1.03. The molecule has 0 heterocycles. The molecule has 0 bridgehead atoms. The zero-order chi connectivity index (χ0) is 10.1. The first-order valence-corrected chi connectivity index (χ1v) is 4.99. The topological polar surface area (TPSA) is 55.1 Å². The highest BCUT2D eigenvalue weighted by Crippen LogP contribution is 2.34. The lowest BCUT2D eigenvalue weighted by atomic mass is 10.0. The van der Waals surface area contributed by atoms with Crippen molar-refractivity contribution in [2.75, 3.05) is 0 Å². The minimum absolute atomic E-state index is 0.0117. The van der Waals surface area contributed by atoms with Crippen molar-refractivity contribution in [3.8, 4) is 0 Å². The lowest BCUT2D eigenvalue weighted by molar-refractivity contribution is -0.122. The van der Waals surface area contributed by atoms with E-state index in [1.54, 1.807) is 0 Å². The molecule has 0 radical (unpaired) electrons. The maximum absolute atomic E-state index is 11.4. The van der Waals surface area contributed by atoms with E-state index < -0.39 is 0 Å². The molecule has 0 aromatic heterocycles. The Morgan fingerprint density at radius 1 is 1.54 bits per heavy atom. The van der Waals surface area contributed by atoms with E-state index in [1.807, 2.05) is 13.8 Å². The molecule has 1 aliphatic rings. The van der Waals surface area contributed by atoms with Gasteiger partial charge in [0.15, 0.2) is 0 Å². The smallest absolute Gasteiger partial charge is 0.221 e. The van der Waals surface area contributed by atoms with Crippen LogP contribution in [-0.2, 0) is 4.79 Å². The van der Waals surface area contributed by atoms with Crippen molar-refractivity contribution in [1.29, 1.82) is 0 Å². The molecule has 0 aliphatic heterocycles. The van der Waals surface area contributed by atoms with E-state index in [2.05, 4.69) is 12.2 Å². The van der Waals surface area contributed by atoms with Gasteiger partial charge in [-0.3, -0.25) is 4.79 Å². The molecule has 0 saturated heterocycles. The first kappa shape index (κ1) is 10.5. The number of amides is 1. The second-order valence-corrected chi connectivity index (χ2v) is 4.72. The van der Waals surface area contributed by atoms with Crippen LogP contribution in [0.15, 0.2) is 0 Å². The number of carbonyl (C=O) groups excluding carboxylic acids is 1. The molecular weight excluding hydrogens is 164 g/mol. The molecule has 1 atom stereocenters. The Balaban J connectivity index is 2.25. The van der Waals surface area contributed by atoms with Gasteiger partial charge in [-0.2, -0.15) is 0 Å². The summed E-state index contributed by atoms with van der Waals surface area (Å²) in [6.45, 7) is 6.15. The van der Waals surface area contributed by atoms with Crippen LogP contribution in [-0.4, -0.2) is 17.5 Å². The van der Waals surface area contributed by atoms with Gasteiger partial charge in [-0.1, -0.05) is 13.8 Å². The van der Waals surface area contributed by atoms with Crippen molar-refractivity contribution in [2.45, 2.75) is 51.6 Å². The average molecular weight is 184 g/mol. The Bertz CT molecular complexity index is 197. The highest BCUT2D eigenvalue weighted by atomic mass is 16.1. The second-order valence-electron chi connectivity index (χ2n) is 4.72. The Morgan fingerprint density at radius 3 is 2.46 bits per heavy atom. The van der Waals surface area contributed by atoms with Crippen molar-refractivity contribution in [1.82, 2.24) is 5.32 Å². The molecule has 1 fully saturated rings. The van der Waals surface area contributed by atoms with Crippen LogP contribution < -0.4 is 11.1 Å². The number of nitrogens with one attached hydrogen (secondary N) is 1. The molecule has 0 spiro atoms. The molecule has 3 nitrogen and oxygen atoms in total. The molecule has 76 valence electrons. The Hall–Kier alpha value is -0.570. The van der Waals surface area contributed by atoms with Crippen molar-refractivity contribution >= 4 is 5.91 Å². The largest absolute Gasteiger partial charge is 0.351 e. The SMILES string of the molecule is CC(C)C(N)CC(=O)NC1(C)CC1. The summed E-state index contributed by atoms with van der Waals surface area (Å²) in [7, 11) is 0. The number of hydrogen-bond donors (Lipinski definition) is 2. The number of nitrogens with two attached hydrogens (primary N) is 1. The van der Waals surface area contributed by atoms with Gasteiger partial charge in [-0.05, 0) is 25.7 Å². The number of hydrogen-bond acceptors (Lipinski definition) is 2. The molecule has 13 heavy (non-hydrogen) atoms. The zero-order valence-electron chi connectivity index (χ0n) is 8.76. The molecule has 1 aliphatic carbocycles. The highest BCUT2D eigenvalue weighted by molar-refractivity contribution is 5.77. The lowest BCUT2D eigenvalue weighted by Crippen LogP contribution is -2.39. The summed E-state index contributed by atoms with van der Waals surface area (Å²) in [6, 6.07) is -0.0117. The van der Waals surface area contributed by atoms with E-state index in [9.17, 15) is 4.79 Å². The van der Waals surface area contributed by atoms with E-state index in [0.717, 1.165) is 12.8 Å². The summed E-state index contributed by atoms with van der Waals surface area (Å²) in [5, 5.41) is 3.00. The van der Waals surface area contributed by atoms with E-state index in [0.29, 0.717) is 12.3 Å². The van der Waals surface area contributed by atoms with Gasteiger partial charge in [0.25, 0.3) is 0 Å². The van der Waals surface area contributed by atoms with Crippen LogP contribution in [0.2, 0.25) is 0 Å². The van der Waals surface area contributed by atoms with Crippen LogP contribution in [0, 0.1) is 5.92 Å². The van der Waals surface area contributed by atoms with Gasteiger partial charge in [-0.15, -0.1) is 0 Å². The molecule has 1 amide bonds. The Morgan fingerprint density at radius 2 is 2.08 bits per heavy atom. The van der Waals surface area contributed by atoms with E-state index in [4.69, 9.17) is 5.73 Å². The van der Waals surface area contributed by atoms with Crippen LogP contribution in [0.4, 0.5) is 0 Å². The van der Waals surface area contributed by atoms with Crippen LogP contribution in [0.5, 0.6) is 0 Å². The molecule has 3 heteroatoms. The molecule has 1 rings (SSSR count). The van der Waals surface area contributed by atoms with Crippen LogP contribution in [0.1, 0.15) is 40.0 Å². The van der Waals surface area contributed by atoms with Gasteiger partial charge in [0.1, 0.15) is 0 Å². The van der Waals surface area contributed by atoms with Crippen molar-refractivity contribution in [2.24, 2.45) is 11.7 Å². The number of rotatable bonds is 4. The van der Waals surface area contributed by atoms with Gasteiger partial charge in [0.2, 0.25) is 5.91 Å². The summed E-state index contributed by atoms with van der Waals surface area (Å²) >= 11 is 0. The van der Waals surface area contributed by atoms with Crippen molar-refractivity contribution in [3.05, 3.63) is 0 Å². The van der Waals surface area contributed by atoms with E-state index in [-0.39, 0.29) is 17.5 Å². The lowest BCUT2D eigenvalue weighted by Gasteiger charge is -2.17.